The number of anilines is 1. The van der Waals surface area contributed by atoms with Crippen molar-refractivity contribution >= 4 is 26.6 Å². The molecule has 0 spiro atoms. The third kappa shape index (κ3) is 4.44. The maximum absolute atomic E-state index is 13.1. The second-order valence-corrected chi connectivity index (χ2v) is 9.08. The van der Waals surface area contributed by atoms with Crippen LogP contribution in [0.2, 0.25) is 0 Å². The summed E-state index contributed by atoms with van der Waals surface area (Å²) in [4.78, 5) is 21.0. The zero-order chi connectivity index (χ0) is 21.3. The molecule has 0 bridgehead atoms. The van der Waals surface area contributed by atoms with E-state index >= 15 is 0 Å². The van der Waals surface area contributed by atoms with E-state index in [9.17, 15) is 23.2 Å². The maximum atomic E-state index is 13.1. The minimum absolute atomic E-state index is 0.137. The van der Waals surface area contributed by atoms with Crippen LogP contribution in [-0.4, -0.2) is 42.6 Å². The monoisotopic (exact) mass is 436 g/mol. The number of fused-ring (bicyclic) bond motifs is 1. The third-order valence-corrected chi connectivity index (χ3v) is 7.22. The summed E-state index contributed by atoms with van der Waals surface area (Å²) in [6.07, 6.45) is 1.94. The van der Waals surface area contributed by atoms with Gasteiger partial charge < -0.3 is 4.90 Å². The molecule has 0 radical (unpaired) electrons. The average Bonchev–Trinajstić information content (AvgIpc) is 2.73. The molecule has 1 aromatic carbocycles. The van der Waals surface area contributed by atoms with Crippen LogP contribution in [0.1, 0.15) is 43.2 Å². The summed E-state index contributed by atoms with van der Waals surface area (Å²) in [5.74, 6) is 0.765. The van der Waals surface area contributed by atoms with Gasteiger partial charge in [-0.1, -0.05) is 30.6 Å². The van der Waals surface area contributed by atoms with Crippen LogP contribution in [0.3, 0.4) is 0 Å². The van der Waals surface area contributed by atoms with Crippen LogP contribution in [0.25, 0.3) is 10.1 Å². The quantitative estimate of drug-likeness (QED) is 0.720. The van der Waals surface area contributed by atoms with Gasteiger partial charge in [-0.15, -0.1) is 0 Å². The first kappa shape index (κ1) is 21.1. The molecule has 2 heterocycles. The van der Waals surface area contributed by atoms with Crippen LogP contribution in [0.15, 0.2) is 16.9 Å². The Morgan fingerprint density at radius 1 is 1.13 bits per heavy atom. The molecular formula is C21H23F3N4OS. The summed E-state index contributed by atoms with van der Waals surface area (Å²) in [6, 6.07) is 3.42. The van der Waals surface area contributed by atoms with E-state index in [1.54, 1.807) is 0 Å². The molecule has 2 fully saturated rings. The fraction of sp³-hybridized carbons (Fsp3) is 0.571. The SMILES string of the molecule is N#Cc1cc(C(F)(F)F)cc2c(=O)nc(N3CCN(CC4CCCCC4)CC3)sc12. The van der Waals surface area contributed by atoms with E-state index in [1.165, 1.54) is 32.1 Å². The molecule has 0 atom stereocenters. The number of nitrogens with zero attached hydrogens (tertiary/aromatic N) is 4. The second-order valence-electron chi connectivity index (χ2n) is 8.10. The van der Waals surface area contributed by atoms with E-state index in [0.29, 0.717) is 18.2 Å². The first-order valence-electron chi connectivity index (χ1n) is 10.3. The van der Waals surface area contributed by atoms with Crippen LogP contribution < -0.4 is 10.5 Å². The fourth-order valence-corrected chi connectivity index (χ4v) is 5.49. The summed E-state index contributed by atoms with van der Waals surface area (Å²) in [6.45, 7) is 4.27. The lowest BCUT2D eigenvalue weighted by Crippen LogP contribution is -2.48. The van der Waals surface area contributed by atoms with E-state index in [2.05, 4.69) is 9.88 Å². The van der Waals surface area contributed by atoms with Crippen LogP contribution in [0.4, 0.5) is 18.3 Å². The summed E-state index contributed by atoms with van der Waals surface area (Å²) in [5, 5.41) is 9.68. The Hall–Kier alpha value is -2.18. The lowest BCUT2D eigenvalue weighted by molar-refractivity contribution is -0.137. The first-order valence-corrected chi connectivity index (χ1v) is 11.1. The van der Waals surface area contributed by atoms with E-state index in [-0.39, 0.29) is 15.6 Å². The number of nitriles is 1. The van der Waals surface area contributed by atoms with Gasteiger partial charge in [0.2, 0.25) is 0 Å². The molecular weight excluding hydrogens is 413 g/mol. The molecule has 2 aromatic rings. The fourth-order valence-electron chi connectivity index (χ4n) is 4.40. The summed E-state index contributed by atoms with van der Waals surface area (Å²) < 4.78 is 39.6. The number of alkyl halides is 3. The van der Waals surface area contributed by atoms with Gasteiger partial charge in [-0.2, -0.15) is 23.4 Å². The number of hydrogen-bond acceptors (Lipinski definition) is 6. The minimum Gasteiger partial charge on any atom is -0.345 e. The van der Waals surface area contributed by atoms with Crippen molar-refractivity contribution in [3.8, 4) is 6.07 Å². The van der Waals surface area contributed by atoms with Gasteiger partial charge in [0.25, 0.3) is 5.56 Å². The highest BCUT2D eigenvalue weighted by Gasteiger charge is 2.32. The smallest absolute Gasteiger partial charge is 0.345 e. The van der Waals surface area contributed by atoms with E-state index in [0.717, 1.165) is 49.0 Å². The highest BCUT2D eigenvalue weighted by Crippen LogP contribution is 2.35. The Balaban J connectivity index is 1.54. The Labute approximate surface area is 176 Å². The van der Waals surface area contributed by atoms with Gasteiger partial charge in [-0.3, -0.25) is 9.69 Å². The largest absolute Gasteiger partial charge is 0.416 e. The standard InChI is InChI=1S/C21H23F3N4OS/c22-21(23,24)16-10-15(12-25)18-17(11-16)19(29)26-20(30-18)28-8-6-27(7-9-28)13-14-4-2-1-3-5-14/h10-11,14H,1-9,13H2. The van der Waals surface area contributed by atoms with Gasteiger partial charge >= 0.3 is 6.18 Å². The number of aromatic nitrogens is 1. The second kappa shape index (κ2) is 8.52. The Bertz CT molecular complexity index is 1020. The molecule has 9 heteroatoms. The molecule has 1 saturated heterocycles. The molecule has 5 nitrogen and oxygen atoms in total. The molecule has 0 unspecified atom stereocenters. The zero-order valence-corrected chi connectivity index (χ0v) is 17.4. The van der Waals surface area contributed by atoms with E-state index in [1.807, 2.05) is 11.0 Å². The van der Waals surface area contributed by atoms with Crippen LogP contribution in [0, 0.1) is 17.2 Å². The van der Waals surface area contributed by atoms with Crippen molar-refractivity contribution < 1.29 is 13.2 Å². The average molecular weight is 437 g/mol. The lowest BCUT2D eigenvalue weighted by Gasteiger charge is -2.37. The van der Waals surface area contributed by atoms with Crippen molar-refractivity contribution in [2.24, 2.45) is 5.92 Å². The summed E-state index contributed by atoms with van der Waals surface area (Å²) in [5.41, 5.74) is -1.85. The molecule has 0 N–H and O–H groups in total. The predicted octanol–water partition coefficient (Wildman–Crippen LogP) is 4.25. The van der Waals surface area contributed by atoms with Gasteiger partial charge in [-0.05, 0) is 30.9 Å². The van der Waals surface area contributed by atoms with Crippen LogP contribution >= 0.6 is 11.3 Å². The van der Waals surface area contributed by atoms with Crippen molar-refractivity contribution in [2.45, 2.75) is 38.3 Å². The Morgan fingerprint density at radius 2 is 1.83 bits per heavy atom. The first-order chi connectivity index (χ1) is 14.3. The molecule has 1 aromatic heterocycles. The predicted molar refractivity (Wildman–Crippen MR) is 111 cm³/mol. The molecule has 2 aliphatic rings. The molecule has 4 rings (SSSR count). The van der Waals surface area contributed by atoms with Crippen molar-refractivity contribution in [3.63, 3.8) is 0 Å². The minimum atomic E-state index is -4.62. The number of halogens is 3. The molecule has 0 amide bonds. The summed E-state index contributed by atoms with van der Waals surface area (Å²) in [7, 11) is 0. The van der Waals surface area contributed by atoms with Crippen molar-refractivity contribution in [1.82, 2.24) is 9.88 Å². The number of rotatable bonds is 3. The van der Waals surface area contributed by atoms with Crippen molar-refractivity contribution in [2.75, 3.05) is 37.6 Å². The van der Waals surface area contributed by atoms with Crippen molar-refractivity contribution in [1.29, 1.82) is 5.26 Å². The Morgan fingerprint density at radius 3 is 2.47 bits per heavy atom. The topological polar surface area (TPSA) is 60.2 Å². The maximum Gasteiger partial charge on any atom is 0.416 e. The molecule has 1 aliphatic heterocycles. The van der Waals surface area contributed by atoms with Gasteiger partial charge in [0.1, 0.15) is 6.07 Å². The van der Waals surface area contributed by atoms with E-state index < -0.39 is 17.3 Å². The molecule has 1 saturated carbocycles. The molecule has 1 aliphatic carbocycles. The molecule has 30 heavy (non-hydrogen) atoms. The number of piperazine rings is 1. The van der Waals surface area contributed by atoms with Crippen molar-refractivity contribution in [3.05, 3.63) is 33.6 Å². The number of hydrogen-bond donors (Lipinski definition) is 0. The van der Waals surface area contributed by atoms with Crippen LogP contribution in [-0.2, 0) is 6.18 Å². The van der Waals surface area contributed by atoms with Gasteiger partial charge in [-0.25, -0.2) is 0 Å². The highest BCUT2D eigenvalue weighted by molar-refractivity contribution is 7.22. The Kier molecular flexibility index (Phi) is 5.98. The van der Waals surface area contributed by atoms with Gasteiger partial charge in [0.05, 0.1) is 21.2 Å². The lowest BCUT2D eigenvalue weighted by atomic mass is 9.89. The molecule has 160 valence electrons. The third-order valence-electron chi connectivity index (χ3n) is 6.04. The van der Waals surface area contributed by atoms with E-state index in [4.69, 9.17) is 0 Å². The van der Waals surface area contributed by atoms with Gasteiger partial charge in [0.15, 0.2) is 5.13 Å². The highest BCUT2D eigenvalue weighted by atomic mass is 32.1. The normalized spacial score (nSPS) is 19.2. The number of benzene rings is 1. The van der Waals surface area contributed by atoms with Gasteiger partial charge in [0, 0.05) is 32.7 Å². The van der Waals surface area contributed by atoms with Crippen LogP contribution in [0.5, 0.6) is 0 Å². The zero-order valence-electron chi connectivity index (χ0n) is 16.5. The summed E-state index contributed by atoms with van der Waals surface area (Å²) >= 11 is 1.12.